The summed E-state index contributed by atoms with van der Waals surface area (Å²) in [6.07, 6.45) is 8.08. The lowest BCUT2D eigenvalue weighted by atomic mass is 9.94. The molecule has 0 spiro atoms. The first kappa shape index (κ1) is 21.1. The third kappa shape index (κ3) is 4.34. The number of ether oxygens (including phenoxy) is 1. The van der Waals surface area contributed by atoms with Gasteiger partial charge in [-0.25, -0.2) is 4.98 Å². The molecule has 0 unspecified atom stereocenters. The number of nitro groups is 1. The Morgan fingerprint density at radius 3 is 2.74 bits per heavy atom. The van der Waals surface area contributed by atoms with Gasteiger partial charge in [-0.05, 0) is 51.1 Å². The number of fused-ring (bicyclic) bond motifs is 1. The molecule has 0 aliphatic heterocycles. The number of aromatic nitrogens is 2. The molecule has 1 fully saturated rings. The molecule has 2 aromatic heterocycles. The highest BCUT2D eigenvalue weighted by Crippen LogP contribution is 2.35. The van der Waals surface area contributed by atoms with Crippen LogP contribution in [0.2, 0.25) is 0 Å². The van der Waals surface area contributed by atoms with Gasteiger partial charge in [0.05, 0.1) is 22.9 Å². The van der Waals surface area contributed by atoms with Crippen molar-refractivity contribution in [1.29, 1.82) is 0 Å². The molecule has 164 valence electrons. The molecule has 8 heteroatoms. The van der Waals surface area contributed by atoms with E-state index in [0.29, 0.717) is 30.4 Å². The summed E-state index contributed by atoms with van der Waals surface area (Å²) >= 11 is 0. The monoisotopic (exact) mass is 423 g/mol. The van der Waals surface area contributed by atoms with E-state index in [-0.39, 0.29) is 11.4 Å². The van der Waals surface area contributed by atoms with Crippen molar-refractivity contribution in [2.45, 2.75) is 51.6 Å². The van der Waals surface area contributed by atoms with Gasteiger partial charge in [-0.1, -0.05) is 19.3 Å². The number of benzene rings is 1. The average molecular weight is 424 g/mol. The lowest BCUT2D eigenvalue weighted by molar-refractivity contribution is -0.385. The average Bonchev–Trinajstić information content (AvgIpc) is 3.12. The van der Waals surface area contributed by atoms with Gasteiger partial charge in [0.25, 0.3) is 0 Å². The third-order valence-corrected chi connectivity index (χ3v) is 6.07. The van der Waals surface area contributed by atoms with Crippen molar-refractivity contribution in [2.75, 3.05) is 19.4 Å². The van der Waals surface area contributed by atoms with Gasteiger partial charge in [-0.15, -0.1) is 0 Å². The molecule has 1 aliphatic rings. The number of rotatable bonds is 7. The summed E-state index contributed by atoms with van der Waals surface area (Å²) < 4.78 is 7.45. The Morgan fingerprint density at radius 2 is 2.03 bits per heavy atom. The summed E-state index contributed by atoms with van der Waals surface area (Å²) in [7, 11) is 2.14. The minimum atomic E-state index is -0.407. The van der Waals surface area contributed by atoms with E-state index in [9.17, 15) is 10.1 Å². The van der Waals surface area contributed by atoms with Crippen LogP contribution in [0.15, 0.2) is 36.5 Å². The minimum absolute atomic E-state index is 0.0532. The molecule has 0 radical (unpaired) electrons. The summed E-state index contributed by atoms with van der Waals surface area (Å²) in [6.45, 7) is 2.86. The van der Waals surface area contributed by atoms with Gasteiger partial charge < -0.3 is 14.9 Å². The fraction of sp³-hybridized carbons (Fsp3) is 0.435. The number of nitrogens with zero attached hydrogens (tertiary/aromatic N) is 4. The highest BCUT2D eigenvalue weighted by molar-refractivity contribution is 5.71. The quantitative estimate of drug-likeness (QED) is 0.438. The molecule has 8 nitrogen and oxygen atoms in total. The van der Waals surface area contributed by atoms with E-state index < -0.39 is 4.92 Å². The van der Waals surface area contributed by atoms with Gasteiger partial charge in [-0.3, -0.25) is 15.0 Å². The van der Waals surface area contributed by atoms with Crippen molar-refractivity contribution >= 4 is 17.0 Å². The molecule has 0 atom stereocenters. The van der Waals surface area contributed by atoms with Crippen LogP contribution < -0.4 is 10.5 Å². The molecule has 2 heterocycles. The minimum Gasteiger partial charge on any atom is -0.487 e. The van der Waals surface area contributed by atoms with Crippen molar-refractivity contribution in [1.82, 2.24) is 14.3 Å². The number of hydrogen-bond donors (Lipinski definition) is 1. The Balaban J connectivity index is 1.79. The van der Waals surface area contributed by atoms with Crippen LogP contribution in [0.4, 0.5) is 11.4 Å². The molecule has 3 aromatic rings. The topological polar surface area (TPSA) is 98.9 Å². The maximum atomic E-state index is 11.6. The van der Waals surface area contributed by atoms with E-state index >= 15 is 0 Å². The predicted octanol–water partition coefficient (Wildman–Crippen LogP) is 4.65. The summed E-state index contributed by atoms with van der Waals surface area (Å²) in [4.78, 5) is 18.4. The van der Waals surface area contributed by atoms with Crippen LogP contribution >= 0.6 is 0 Å². The summed E-state index contributed by atoms with van der Waals surface area (Å²) in [5, 5.41) is 11.6. The molecular formula is C23H29N5O3. The molecular weight excluding hydrogens is 394 g/mol. The largest absolute Gasteiger partial charge is 0.487 e. The van der Waals surface area contributed by atoms with E-state index in [4.69, 9.17) is 15.5 Å². The number of nitrogens with two attached hydrogens (primary N) is 1. The van der Waals surface area contributed by atoms with Gasteiger partial charge in [-0.2, -0.15) is 0 Å². The molecule has 1 saturated carbocycles. The van der Waals surface area contributed by atoms with Gasteiger partial charge >= 0.3 is 5.69 Å². The van der Waals surface area contributed by atoms with Crippen molar-refractivity contribution in [3.05, 3.63) is 52.3 Å². The zero-order valence-corrected chi connectivity index (χ0v) is 18.1. The Bertz CT molecular complexity index is 1090. The summed E-state index contributed by atoms with van der Waals surface area (Å²) in [5.74, 6) is 0.269. The van der Waals surface area contributed by atoms with Gasteiger partial charge in [0.1, 0.15) is 5.65 Å². The number of hydrogen-bond acceptors (Lipinski definition) is 6. The molecule has 4 rings (SSSR count). The maximum Gasteiger partial charge on any atom is 0.311 e. The second-order valence-corrected chi connectivity index (χ2v) is 8.18. The Kier molecular flexibility index (Phi) is 6.08. The molecule has 0 amide bonds. The van der Waals surface area contributed by atoms with Gasteiger partial charge in [0, 0.05) is 36.1 Å². The fourth-order valence-electron chi connectivity index (χ4n) is 4.46. The van der Waals surface area contributed by atoms with E-state index in [1.165, 1.54) is 32.1 Å². The second-order valence-electron chi connectivity index (χ2n) is 8.18. The van der Waals surface area contributed by atoms with Crippen molar-refractivity contribution in [3.8, 4) is 17.0 Å². The Morgan fingerprint density at radius 1 is 1.26 bits per heavy atom. The van der Waals surface area contributed by atoms with E-state index in [0.717, 1.165) is 17.0 Å². The van der Waals surface area contributed by atoms with Gasteiger partial charge in [0.15, 0.2) is 5.75 Å². The lowest BCUT2D eigenvalue weighted by Gasteiger charge is -2.31. The van der Waals surface area contributed by atoms with Crippen LogP contribution in [-0.2, 0) is 6.54 Å². The smallest absolute Gasteiger partial charge is 0.311 e. The first-order valence-corrected chi connectivity index (χ1v) is 10.9. The van der Waals surface area contributed by atoms with Crippen molar-refractivity contribution in [2.24, 2.45) is 0 Å². The number of imidazole rings is 1. The van der Waals surface area contributed by atoms with Crippen LogP contribution in [0.1, 0.15) is 44.7 Å². The Labute approximate surface area is 181 Å². The first-order valence-electron chi connectivity index (χ1n) is 10.9. The Hall–Kier alpha value is -3.13. The first-order chi connectivity index (χ1) is 15.0. The standard InChI is InChI=1S/C23H29N5O3/c1-3-31-21-11-9-16(13-19(21)28(29)30)23-20(15-26(2)18-7-5-4-6-8-18)27-14-17(24)10-12-22(27)25-23/h9-14,18H,3-8,15,24H2,1-2H3. The fourth-order valence-corrected chi connectivity index (χ4v) is 4.46. The second kappa shape index (κ2) is 8.93. The summed E-state index contributed by atoms with van der Waals surface area (Å²) in [5.41, 5.74) is 9.84. The summed E-state index contributed by atoms with van der Waals surface area (Å²) in [6, 6.07) is 9.29. The zero-order chi connectivity index (χ0) is 22.0. The van der Waals surface area contributed by atoms with Crippen LogP contribution in [0.5, 0.6) is 5.75 Å². The number of nitro benzene ring substituents is 1. The van der Waals surface area contributed by atoms with Crippen LogP contribution in [0.3, 0.4) is 0 Å². The molecule has 0 saturated heterocycles. The van der Waals surface area contributed by atoms with Crippen LogP contribution in [0.25, 0.3) is 16.9 Å². The maximum absolute atomic E-state index is 11.6. The van der Waals surface area contributed by atoms with E-state index in [1.807, 2.05) is 35.7 Å². The normalized spacial score (nSPS) is 14.9. The van der Waals surface area contributed by atoms with Crippen molar-refractivity contribution in [3.63, 3.8) is 0 Å². The predicted molar refractivity (Wildman–Crippen MR) is 121 cm³/mol. The number of anilines is 1. The van der Waals surface area contributed by atoms with Crippen LogP contribution in [-0.4, -0.2) is 38.9 Å². The highest BCUT2D eigenvalue weighted by atomic mass is 16.6. The van der Waals surface area contributed by atoms with E-state index in [2.05, 4.69) is 11.9 Å². The van der Waals surface area contributed by atoms with Crippen LogP contribution in [0, 0.1) is 10.1 Å². The number of pyridine rings is 1. The lowest BCUT2D eigenvalue weighted by Crippen LogP contribution is -2.33. The zero-order valence-electron chi connectivity index (χ0n) is 18.1. The molecule has 1 aromatic carbocycles. The highest BCUT2D eigenvalue weighted by Gasteiger charge is 2.24. The molecule has 0 bridgehead atoms. The molecule has 1 aliphatic carbocycles. The van der Waals surface area contributed by atoms with Gasteiger partial charge in [0.2, 0.25) is 0 Å². The SMILES string of the molecule is CCOc1ccc(-c2nc3ccc(N)cn3c2CN(C)C2CCCCC2)cc1[N+](=O)[O-]. The third-order valence-electron chi connectivity index (χ3n) is 6.07. The van der Waals surface area contributed by atoms with Crippen molar-refractivity contribution < 1.29 is 9.66 Å². The molecule has 2 N–H and O–H groups in total. The van der Waals surface area contributed by atoms with E-state index in [1.54, 1.807) is 12.1 Å². The number of nitrogen functional groups attached to an aromatic ring is 1. The molecule has 31 heavy (non-hydrogen) atoms.